The maximum atomic E-state index is 12.3. The van der Waals surface area contributed by atoms with Crippen LogP contribution < -0.4 is 5.73 Å². The maximum Gasteiger partial charge on any atom is 0.409 e. The van der Waals surface area contributed by atoms with Crippen LogP contribution >= 0.6 is 11.3 Å². The Labute approximate surface area is 127 Å². The number of hydrogen-bond acceptors (Lipinski definition) is 6. The fourth-order valence-corrected chi connectivity index (χ4v) is 2.82. The summed E-state index contributed by atoms with van der Waals surface area (Å²) in [4.78, 5) is 31.5. The van der Waals surface area contributed by atoms with Crippen molar-refractivity contribution >= 4 is 23.3 Å². The molecule has 1 aliphatic rings. The van der Waals surface area contributed by atoms with Gasteiger partial charge in [-0.3, -0.25) is 4.79 Å². The van der Waals surface area contributed by atoms with E-state index in [1.807, 2.05) is 6.92 Å². The Morgan fingerprint density at radius 2 is 2.00 bits per heavy atom. The molecule has 0 radical (unpaired) electrons. The molecule has 0 bridgehead atoms. The summed E-state index contributed by atoms with van der Waals surface area (Å²) in [7, 11) is 0. The van der Waals surface area contributed by atoms with Crippen LogP contribution in [0.2, 0.25) is 0 Å². The van der Waals surface area contributed by atoms with Gasteiger partial charge in [0.05, 0.1) is 12.6 Å². The van der Waals surface area contributed by atoms with E-state index in [4.69, 9.17) is 10.5 Å². The van der Waals surface area contributed by atoms with Gasteiger partial charge in [-0.1, -0.05) is 0 Å². The van der Waals surface area contributed by atoms with Gasteiger partial charge in [0.2, 0.25) is 0 Å². The Balaban J connectivity index is 1.92. The lowest BCUT2D eigenvalue weighted by atomic mass is 10.3. The van der Waals surface area contributed by atoms with Gasteiger partial charge in [-0.15, -0.1) is 11.3 Å². The van der Waals surface area contributed by atoms with Gasteiger partial charge in [0.15, 0.2) is 0 Å². The minimum Gasteiger partial charge on any atom is -0.450 e. The molecule has 7 nitrogen and oxygen atoms in total. The van der Waals surface area contributed by atoms with Crippen molar-refractivity contribution in [3.8, 4) is 0 Å². The largest absolute Gasteiger partial charge is 0.450 e. The molecule has 1 atom stereocenters. The molecular weight excluding hydrogens is 292 g/mol. The van der Waals surface area contributed by atoms with E-state index in [1.54, 1.807) is 22.1 Å². The fourth-order valence-electron chi connectivity index (χ4n) is 2.06. The van der Waals surface area contributed by atoms with Crippen LogP contribution in [0.4, 0.5) is 4.79 Å². The normalized spacial score (nSPS) is 16.7. The van der Waals surface area contributed by atoms with Crippen LogP contribution in [0, 0.1) is 0 Å². The average molecular weight is 312 g/mol. The highest BCUT2D eigenvalue weighted by Crippen LogP contribution is 2.17. The standard InChI is InChI=1S/C13H20N4O3S/c1-3-20-13(19)17-6-4-16(5-7-17)12(18)10-8-21-11(15-10)9(2)14/h8-9H,3-7,14H2,1-2H3. The molecule has 1 aliphatic heterocycles. The van der Waals surface area contributed by atoms with Gasteiger partial charge in [-0.25, -0.2) is 9.78 Å². The van der Waals surface area contributed by atoms with E-state index in [0.29, 0.717) is 38.5 Å². The number of carbonyl (C=O) groups is 2. The van der Waals surface area contributed by atoms with Crippen molar-refractivity contribution in [1.29, 1.82) is 0 Å². The van der Waals surface area contributed by atoms with Gasteiger partial charge in [-0.05, 0) is 13.8 Å². The number of hydrogen-bond donors (Lipinski definition) is 1. The summed E-state index contributed by atoms with van der Waals surface area (Å²) in [6.45, 7) is 5.91. The molecule has 2 N–H and O–H groups in total. The summed E-state index contributed by atoms with van der Waals surface area (Å²) in [5.41, 5.74) is 6.18. The van der Waals surface area contributed by atoms with Gasteiger partial charge in [0.25, 0.3) is 5.91 Å². The van der Waals surface area contributed by atoms with Gasteiger partial charge in [0, 0.05) is 31.6 Å². The van der Waals surface area contributed by atoms with Crippen molar-refractivity contribution in [3.05, 3.63) is 16.1 Å². The first-order valence-electron chi connectivity index (χ1n) is 6.95. The van der Waals surface area contributed by atoms with Gasteiger partial charge < -0.3 is 20.3 Å². The van der Waals surface area contributed by atoms with E-state index in [2.05, 4.69) is 4.98 Å². The summed E-state index contributed by atoms with van der Waals surface area (Å²) in [6.07, 6.45) is -0.322. The van der Waals surface area contributed by atoms with E-state index < -0.39 is 0 Å². The highest BCUT2D eigenvalue weighted by Gasteiger charge is 2.26. The first-order valence-corrected chi connectivity index (χ1v) is 7.83. The molecule has 1 unspecified atom stereocenters. The van der Waals surface area contributed by atoms with Crippen LogP contribution in [-0.2, 0) is 4.74 Å². The molecular formula is C13H20N4O3S. The fraction of sp³-hybridized carbons (Fsp3) is 0.615. The van der Waals surface area contributed by atoms with Gasteiger partial charge in [0.1, 0.15) is 10.7 Å². The molecule has 8 heteroatoms. The summed E-state index contributed by atoms with van der Waals surface area (Å²) in [5.74, 6) is -0.110. The van der Waals surface area contributed by atoms with Crippen molar-refractivity contribution in [3.63, 3.8) is 0 Å². The molecule has 1 fully saturated rings. The molecule has 0 saturated carbocycles. The number of carbonyl (C=O) groups excluding carboxylic acids is 2. The SMILES string of the molecule is CCOC(=O)N1CCN(C(=O)c2csc(C(C)N)n2)CC1. The Morgan fingerprint density at radius 3 is 2.52 bits per heavy atom. The topological polar surface area (TPSA) is 88.8 Å². The minimum absolute atomic E-state index is 0.110. The maximum absolute atomic E-state index is 12.3. The molecule has 2 amide bonds. The minimum atomic E-state index is -0.322. The zero-order valence-electron chi connectivity index (χ0n) is 12.2. The second-order valence-corrected chi connectivity index (χ2v) is 5.73. The number of amides is 2. The number of thiazole rings is 1. The van der Waals surface area contributed by atoms with Crippen LogP contribution in [-0.4, -0.2) is 59.6 Å². The predicted molar refractivity (Wildman–Crippen MR) is 79.2 cm³/mol. The highest BCUT2D eigenvalue weighted by atomic mass is 32.1. The quantitative estimate of drug-likeness (QED) is 0.902. The summed E-state index contributed by atoms with van der Waals surface area (Å²) < 4.78 is 4.95. The molecule has 1 aromatic heterocycles. The molecule has 2 rings (SSSR count). The molecule has 116 valence electrons. The Bertz CT molecular complexity index is 509. The Kier molecular flexibility index (Phi) is 5.13. The summed E-state index contributed by atoms with van der Waals surface area (Å²) >= 11 is 1.39. The van der Waals surface area contributed by atoms with Crippen molar-refractivity contribution < 1.29 is 14.3 Å². The molecule has 0 aromatic carbocycles. The second-order valence-electron chi connectivity index (χ2n) is 4.84. The number of nitrogens with two attached hydrogens (primary N) is 1. The number of piperazine rings is 1. The lowest BCUT2D eigenvalue weighted by Gasteiger charge is -2.33. The van der Waals surface area contributed by atoms with E-state index in [1.165, 1.54) is 11.3 Å². The van der Waals surface area contributed by atoms with Crippen LogP contribution in [0.25, 0.3) is 0 Å². The predicted octanol–water partition coefficient (Wildman–Crippen LogP) is 1.08. The van der Waals surface area contributed by atoms with Crippen LogP contribution in [0.5, 0.6) is 0 Å². The zero-order chi connectivity index (χ0) is 15.4. The number of aromatic nitrogens is 1. The van der Waals surface area contributed by atoms with Gasteiger partial charge in [-0.2, -0.15) is 0 Å². The van der Waals surface area contributed by atoms with Gasteiger partial charge >= 0.3 is 6.09 Å². The third kappa shape index (κ3) is 3.70. The molecule has 1 saturated heterocycles. The summed E-state index contributed by atoms with van der Waals surface area (Å²) in [5, 5.41) is 2.49. The lowest BCUT2D eigenvalue weighted by Crippen LogP contribution is -2.50. The Morgan fingerprint density at radius 1 is 1.38 bits per heavy atom. The molecule has 2 heterocycles. The van der Waals surface area contributed by atoms with E-state index in [9.17, 15) is 9.59 Å². The van der Waals surface area contributed by atoms with E-state index in [-0.39, 0.29) is 18.0 Å². The van der Waals surface area contributed by atoms with E-state index >= 15 is 0 Å². The molecule has 0 aliphatic carbocycles. The molecule has 21 heavy (non-hydrogen) atoms. The third-order valence-corrected chi connectivity index (χ3v) is 4.27. The van der Waals surface area contributed by atoms with Crippen molar-refractivity contribution in [2.75, 3.05) is 32.8 Å². The van der Waals surface area contributed by atoms with Crippen molar-refractivity contribution in [2.45, 2.75) is 19.9 Å². The lowest BCUT2D eigenvalue weighted by molar-refractivity contribution is 0.0566. The van der Waals surface area contributed by atoms with Crippen LogP contribution in [0.1, 0.15) is 35.4 Å². The number of nitrogens with zero attached hydrogens (tertiary/aromatic N) is 3. The number of rotatable bonds is 3. The van der Waals surface area contributed by atoms with Crippen molar-refractivity contribution in [1.82, 2.24) is 14.8 Å². The molecule has 0 spiro atoms. The Hall–Kier alpha value is -1.67. The first-order chi connectivity index (χ1) is 10.0. The highest BCUT2D eigenvalue weighted by molar-refractivity contribution is 7.09. The van der Waals surface area contributed by atoms with Crippen LogP contribution in [0.3, 0.4) is 0 Å². The third-order valence-electron chi connectivity index (χ3n) is 3.22. The summed E-state index contributed by atoms with van der Waals surface area (Å²) in [6, 6.07) is -0.169. The number of ether oxygens (including phenoxy) is 1. The van der Waals surface area contributed by atoms with Crippen LogP contribution in [0.15, 0.2) is 5.38 Å². The second kappa shape index (κ2) is 6.86. The van der Waals surface area contributed by atoms with E-state index in [0.717, 1.165) is 5.01 Å². The average Bonchev–Trinajstić information content (AvgIpc) is 2.97. The molecule has 1 aromatic rings. The van der Waals surface area contributed by atoms with Crippen molar-refractivity contribution in [2.24, 2.45) is 5.73 Å². The first kappa shape index (κ1) is 15.7. The smallest absolute Gasteiger partial charge is 0.409 e. The monoisotopic (exact) mass is 312 g/mol. The zero-order valence-corrected chi connectivity index (χ0v) is 13.1.